The Morgan fingerprint density at radius 2 is 1.82 bits per heavy atom. The maximum atomic E-state index is 12.2. The lowest BCUT2D eigenvalue weighted by Crippen LogP contribution is -2.19. The fourth-order valence-corrected chi connectivity index (χ4v) is 2.86. The molecule has 0 saturated heterocycles. The van der Waals surface area contributed by atoms with Gasteiger partial charge < -0.3 is 10.5 Å². The Hall–Kier alpha value is -3.02. The minimum absolute atomic E-state index is 0.329. The molecule has 3 rings (SSSR count). The number of nitrogens with two attached hydrogens (primary N) is 1. The number of nitrogen functional groups attached to an aromatic ring is 1. The fourth-order valence-electron chi connectivity index (χ4n) is 2.46. The van der Waals surface area contributed by atoms with Crippen LogP contribution in [0.4, 0.5) is 5.69 Å². The quantitative estimate of drug-likeness (QED) is 0.342. The Balaban J connectivity index is 1.70. The lowest BCUT2D eigenvalue weighted by Gasteiger charge is -2.10. The molecule has 1 amide bonds. The molecule has 0 bridgehead atoms. The van der Waals surface area contributed by atoms with Gasteiger partial charge >= 0.3 is 0 Å². The molecule has 28 heavy (non-hydrogen) atoms. The van der Waals surface area contributed by atoms with Crippen molar-refractivity contribution in [1.29, 1.82) is 0 Å². The van der Waals surface area contributed by atoms with Crippen LogP contribution in [0.15, 0.2) is 71.8 Å². The average molecular weight is 414 g/mol. The van der Waals surface area contributed by atoms with Crippen molar-refractivity contribution in [2.24, 2.45) is 5.10 Å². The third-order valence-corrected chi connectivity index (χ3v) is 4.30. The summed E-state index contributed by atoms with van der Waals surface area (Å²) in [6, 6.07) is 19.3. The Bertz CT molecular complexity index is 1020. The second-order valence-electron chi connectivity index (χ2n) is 5.89. The summed E-state index contributed by atoms with van der Waals surface area (Å²) in [4.78, 5) is 12.2. The highest BCUT2D eigenvalue weighted by atomic mass is 35.5. The molecular weight excluding hydrogens is 397 g/mol. The molecule has 0 radical (unpaired) electrons. The summed E-state index contributed by atoms with van der Waals surface area (Å²) in [6.07, 6.45) is 1.47. The molecule has 0 spiro atoms. The Kier molecular flexibility index (Phi) is 6.53. The van der Waals surface area contributed by atoms with Gasteiger partial charge in [-0.25, -0.2) is 5.43 Å². The third-order valence-electron chi connectivity index (χ3n) is 3.83. The van der Waals surface area contributed by atoms with Crippen molar-refractivity contribution < 1.29 is 9.53 Å². The number of amides is 1. The smallest absolute Gasteiger partial charge is 0.273 e. The van der Waals surface area contributed by atoms with Gasteiger partial charge in [0.2, 0.25) is 0 Å². The minimum atomic E-state index is -0.405. The highest BCUT2D eigenvalue weighted by Gasteiger charge is 2.08. The number of carbonyl (C=O) groups is 1. The Morgan fingerprint density at radius 3 is 2.61 bits per heavy atom. The first-order chi connectivity index (χ1) is 13.5. The molecule has 0 unspecified atom stereocenters. The van der Waals surface area contributed by atoms with E-state index in [9.17, 15) is 4.79 Å². The van der Waals surface area contributed by atoms with Gasteiger partial charge in [0.25, 0.3) is 5.91 Å². The van der Waals surface area contributed by atoms with E-state index in [1.165, 1.54) is 6.21 Å². The van der Waals surface area contributed by atoms with Gasteiger partial charge in [-0.1, -0.05) is 47.5 Å². The number of anilines is 1. The van der Waals surface area contributed by atoms with E-state index in [1.54, 1.807) is 48.5 Å². The van der Waals surface area contributed by atoms with Crippen LogP contribution in [0.25, 0.3) is 0 Å². The van der Waals surface area contributed by atoms with Gasteiger partial charge in [0, 0.05) is 21.3 Å². The standard InChI is InChI=1S/C21H17Cl2N3O2/c22-16-5-3-4-14(10-16)13-28-20-9-8-17(23)11-15(20)12-25-26-21(27)18-6-1-2-7-19(18)24/h1-12H,13,24H2,(H,26,27)/b25-12-. The van der Waals surface area contributed by atoms with E-state index in [0.29, 0.717) is 39.2 Å². The number of hydrazone groups is 1. The lowest BCUT2D eigenvalue weighted by atomic mass is 10.2. The van der Waals surface area contributed by atoms with Crippen LogP contribution in [-0.2, 0) is 6.61 Å². The molecule has 3 aromatic carbocycles. The summed E-state index contributed by atoms with van der Waals surface area (Å²) in [5.41, 5.74) is 10.5. The number of halogens is 2. The number of nitrogens with one attached hydrogen (secondary N) is 1. The van der Waals surface area contributed by atoms with E-state index in [1.807, 2.05) is 18.2 Å². The molecule has 0 atom stereocenters. The molecule has 142 valence electrons. The van der Waals surface area contributed by atoms with Crippen LogP contribution >= 0.6 is 23.2 Å². The van der Waals surface area contributed by atoms with Crippen molar-refractivity contribution in [3.05, 3.63) is 93.5 Å². The van der Waals surface area contributed by atoms with Crippen LogP contribution in [0.5, 0.6) is 5.75 Å². The maximum Gasteiger partial charge on any atom is 0.273 e. The van der Waals surface area contributed by atoms with Gasteiger partial charge in [0.05, 0.1) is 11.8 Å². The van der Waals surface area contributed by atoms with Gasteiger partial charge in [-0.3, -0.25) is 4.79 Å². The predicted octanol–water partition coefficient (Wildman–Crippen LogP) is 4.92. The largest absolute Gasteiger partial charge is 0.488 e. The Morgan fingerprint density at radius 1 is 1.04 bits per heavy atom. The highest BCUT2D eigenvalue weighted by Crippen LogP contribution is 2.23. The second-order valence-corrected chi connectivity index (χ2v) is 6.76. The van der Waals surface area contributed by atoms with E-state index >= 15 is 0 Å². The SMILES string of the molecule is Nc1ccccc1C(=O)N/N=C\c1cc(Cl)ccc1OCc1cccc(Cl)c1. The number of carbonyl (C=O) groups excluding carboxylic acids is 1. The van der Waals surface area contributed by atoms with Crippen LogP contribution in [0, 0.1) is 0 Å². The van der Waals surface area contributed by atoms with Crippen LogP contribution < -0.4 is 15.9 Å². The molecule has 0 aliphatic heterocycles. The lowest BCUT2D eigenvalue weighted by molar-refractivity contribution is 0.0956. The molecule has 5 nitrogen and oxygen atoms in total. The molecule has 0 saturated carbocycles. The zero-order chi connectivity index (χ0) is 19.9. The molecule has 3 N–H and O–H groups in total. The van der Waals surface area contributed by atoms with Crippen LogP contribution in [0.2, 0.25) is 10.0 Å². The predicted molar refractivity (Wildman–Crippen MR) is 113 cm³/mol. The topological polar surface area (TPSA) is 76.7 Å². The number of ether oxygens (including phenoxy) is 1. The number of hydrogen-bond acceptors (Lipinski definition) is 4. The molecule has 3 aromatic rings. The van der Waals surface area contributed by atoms with Gasteiger partial charge in [0.1, 0.15) is 12.4 Å². The molecule has 0 heterocycles. The summed E-state index contributed by atoms with van der Waals surface area (Å²) < 4.78 is 5.85. The molecular formula is C21H17Cl2N3O2. The van der Waals surface area contributed by atoms with Gasteiger partial charge in [-0.15, -0.1) is 0 Å². The van der Waals surface area contributed by atoms with Crippen molar-refractivity contribution in [3.8, 4) is 5.75 Å². The van der Waals surface area contributed by atoms with Gasteiger partial charge in [-0.05, 0) is 48.0 Å². The molecule has 0 fully saturated rings. The number of nitrogens with zero attached hydrogens (tertiary/aromatic N) is 1. The summed E-state index contributed by atoms with van der Waals surface area (Å²) in [5.74, 6) is 0.166. The fraction of sp³-hybridized carbons (Fsp3) is 0.0476. The van der Waals surface area contributed by atoms with Crippen molar-refractivity contribution in [3.63, 3.8) is 0 Å². The first-order valence-electron chi connectivity index (χ1n) is 8.37. The van der Waals surface area contributed by atoms with E-state index < -0.39 is 5.91 Å². The molecule has 0 aliphatic rings. The molecule has 0 aromatic heterocycles. The Labute approximate surface area is 172 Å². The van der Waals surface area contributed by atoms with E-state index in [2.05, 4.69) is 10.5 Å². The number of hydrogen-bond donors (Lipinski definition) is 2. The van der Waals surface area contributed by atoms with Crippen molar-refractivity contribution in [2.75, 3.05) is 5.73 Å². The first-order valence-corrected chi connectivity index (χ1v) is 9.13. The normalized spacial score (nSPS) is 10.8. The zero-order valence-electron chi connectivity index (χ0n) is 14.7. The number of para-hydroxylation sites is 1. The summed E-state index contributed by atoms with van der Waals surface area (Å²) in [6.45, 7) is 0.329. The average Bonchev–Trinajstić information content (AvgIpc) is 2.67. The first kappa shape index (κ1) is 19.7. The van der Waals surface area contributed by atoms with Crippen LogP contribution in [0.1, 0.15) is 21.5 Å². The number of benzene rings is 3. The molecule has 7 heteroatoms. The van der Waals surface area contributed by atoms with Crippen molar-refractivity contribution >= 4 is 41.0 Å². The van der Waals surface area contributed by atoms with Crippen molar-refractivity contribution in [2.45, 2.75) is 6.61 Å². The van der Waals surface area contributed by atoms with Crippen molar-refractivity contribution in [1.82, 2.24) is 5.43 Å². The minimum Gasteiger partial charge on any atom is -0.488 e. The monoisotopic (exact) mass is 413 g/mol. The summed E-state index contributed by atoms with van der Waals surface area (Å²) >= 11 is 12.1. The summed E-state index contributed by atoms with van der Waals surface area (Å²) in [5, 5.41) is 5.15. The third kappa shape index (κ3) is 5.25. The van der Waals surface area contributed by atoms with E-state index in [4.69, 9.17) is 33.7 Å². The molecule has 0 aliphatic carbocycles. The zero-order valence-corrected chi connectivity index (χ0v) is 16.2. The maximum absolute atomic E-state index is 12.2. The van der Waals surface area contributed by atoms with Gasteiger partial charge in [0.15, 0.2) is 0 Å². The van der Waals surface area contributed by atoms with Crippen LogP contribution in [-0.4, -0.2) is 12.1 Å². The summed E-state index contributed by atoms with van der Waals surface area (Å²) in [7, 11) is 0. The number of rotatable bonds is 6. The van der Waals surface area contributed by atoms with E-state index in [0.717, 1.165) is 5.56 Å². The van der Waals surface area contributed by atoms with Gasteiger partial charge in [-0.2, -0.15) is 5.10 Å². The van der Waals surface area contributed by atoms with E-state index in [-0.39, 0.29) is 0 Å². The van der Waals surface area contributed by atoms with Crippen LogP contribution in [0.3, 0.4) is 0 Å². The highest BCUT2D eigenvalue weighted by molar-refractivity contribution is 6.31. The second kappa shape index (κ2) is 9.26.